The van der Waals surface area contributed by atoms with Gasteiger partial charge in [0, 0.05) is 6.54 Å². The van der Waals surface area contributed by atoms with E-state index in [2.05, 4.69) is 10.3 Å². The van der Waals surface area contributed by atoms with E-state index in [4.69, 9.17) is 0 Å². The molecule has 2 aromatic rings. The van der Waals surface area contributed by atoms with E-state index in [0.29, 0.717) is 19.5 Å². The summed E-state index contributed by atoms with van der Waals surface area (Å²) in [6.07, 6.45) is 3.53. The predicted molar refractivity (Wildman–Crippen MR) is 76.6 cm³/mol. The minimum atomic E-state index is -0.746. The normalized spacial score (nSPS) is 19.0. The van der Waals surface area contributed by atoms with Gasteiger partial charge in [-0.2, -0.15) is 0 Å². The van der Waals surface area contributed by atoms with Gasteiger partial charge in [0.2, 0.25) is 0 Å². The van der Waals surface area contributed by atoms with E-state index in [0.717, 1.165) is 18.7 Å². The molecule has 0 amide bonds. The van der Waals surface area contributed by atoms with E-state index in [9.17, 15) is 9.90 Å². The molecule has 1 aliphatic heterocycles. The second kappa shape index (κ2) is 6.05. The van der Waals surface area contributed by atoms with E-state index in [1.807, 2.05) is 41.4 Å². The third-order valence-corrected chi connectivity index (χ3v) is 3.79. The number of likely N-dealkylation sites (tertiary alicyclic amines) is 1. The monoisotopic (exact) mass is 286 g/mol. The van der Waals surface area contributed by atoms with E-state index in [1.54, 1.807) is 4.68 Å². The van der Waals surface area contributed by atoms with Crippen LogP contribution < -0.4 is 0 Å². The van der Waals surface area contributed by atoms with Crippen LogP contribution in [0.2, 0.25) is 0 Å². The summed E-state index contributed by atoms with van der Waals surface area (Å²) in [5, 5.41) is 17.4. The first-order chi connectivity index (χ1) is 10.2. The second-order valence-electron chi connectivity index (χ2n) is 5.36. The minimum absolute atomic E-state index is 0.385. The van der Waals surface area contributed by atoms with Gasteiger partial charge in [-0.25, -0.2) is 4.68 Å². The molecule has 1 saturated heterocycles. The van der Waals surface area contributed by atoms with Crippen LogP contribution in [0.5, 0.6) is 0 Å². The first-order valence-corrected chi connectivity index (χ1v) is 7.12. The molecule has 1 aliphatic rings. The van der Waals surface area contributed by atoms with Crippen molar-refractivity contribution in [2.45, 2.75) is 32.0 Å². The van der Waals surface area contributed by atoms with Crippen molar-refractivity contribution in [2.75, 3.05) is 6.54 Å². The number of hydrogen-bond donors (Lipinski definition) is 1. The lowest BCUT2D eigenvalue weighted by molar-refractivity contribution is -0.142. The molecule has 0 spiro atoms. The Labute approximate surface area is 123 Å². The lowest BCUT2D eigenvalue weighted by Gasteiger charge is -2.19. The van der Waals surface area contributed by atoms with Crippen molar-refractivity contribution in [1.29, 1.82) is 0 Å². The first-order valence-electron chi connectivity index (χ1n) is 7.12. The van der Waals surface area contributed by atoms with Gasteiger partial charge >= 0.3 is 5.97 Å². The quantitative estimate of drug-likeness (QED) is 0.899. The molecular formula is C15H18N4O2. The van der Waals surface area contributed by atoms with Crippen molar-refractivity contribution in [1.82, 2.24) is 19.9 Å². The number of hydrogen-bond acceptors (Lipinski definition) is 4. The van der Waals surface area contributed by atoms with Gasteiger partial charge in [0.1, 0.15) is 6.04 Å². The van der Waals surface area contributed by atoms with Crippen LogP contribution in [0.3, 0.4) is 0 Å². The van der Waals surface area contributed by atoms with Crippen molar-refractivity contribution < 1.29 is 9.90 Å². The van der Waals surface area contributed by atoms with Gasteiger partial charge in [-0.05, 0) is 24.9 Å². The Balaban J connectivity index is 1.64. The van der Waals surface area contributed by atoms with Gasteiger partial charge in [0.15, 0.2) is 0 Å². The topological polar surface area (TPSA) is 71.2 Å². The van der Waals surface area contributed by atoms with Crippen molar-refractivity contribution in [3.63, 3.8) is 0 Å². The number of aliphatic carboxylic acids is 1. The maximum atomic E-state index is 11.2. The van der Waals surface area contributed by atoms with Gasteiger partial charge in [-0.1, -0.05) is 35.5 Å². The van der Waals surface area contributed by atoms with Crippen LogP contribution in [0.4, 0.5) is 0 Å². The van der Waals surface area contributed by atoms with Gasteiger partial charge in [-0.15, -0.1) is 5.10 Å². The number of aromatic nitrogens is 3. The molecule has 0 radical (unpaired) electrons. The summed E-state index contributed by atoms with van der Waals surface area (Å²) in [7, 11) is 0. The van der Waals surface area contributed by atoms with Crippen molar-refractivity contribution in [2.24, 2.45) is 0 Å². The van der Waals surface area contributed by atoms with Gasteiger partial charge in [0.05, 0.1) is 18.4 Å². The summed E-state index contributed by atoms with van der Waals surface area (Å²) in [6, 6.07) is 9.67. The number of benzene rings is 1. The molecule has 0 saturated carbocycles. The standard InChI is InChI=1S/C15H18N4O2/c20-15(21)14-7-4-8-18(14)10-13-11-19(17-16-13)9-12-5-2-1-3-6-12/h1-3,5-6,11,14H,4,7-10H2,(H,20,21). The largest absolute Gasteiger partial charge is 0.480 e. The number of nitrogens with zero attached hydrogens (tertiary/aromatic N) is 4. The number of carbonyl (C=O) groups is 1. The van der Waals surface area contributed by atoms with Gasteiger partial charge < -0.3 is 5.11 Å². The second-order valence-corrected chi connectivity index (χ2v) is 5.36. The molecule has 1 atom stereocenters. The highest BCUT2D eigenvalue weighted by Crippen LogP contribution is 2.19. The average Bonchev–Trinajstić information content (AvgIpc) is 3.10. The molecule has 110 valence electrons. The molecule has 21 heavy (non-hydrogen) atoms. The van der Waals surface area contributed by atoms with Crippen molar-refractivity contribution in [3.8, 4) is 0 Å². The maximum Gasteiger partial charge on any atom is 0.320 e. The molecule has 1 fully saturated rings. The summed E-state index contributed by atoms with van der Waals surface area (Å²) >= 11 is 0. The smallest absolute Gasteiger partial charge is 0.320 e. The Kier molecular flexibility index (Phi) is 3.96. The summed E-state index contributed by atoms with van der Waals surface area (Å²) in [4.78, 5) is 13.1. The molecule has 1 aromatic carbocycles. The van der Waals surface area contributed by atoms with Crippen LogP contribution in [0.25, 0.3) is 0 Å². The molecule has 6 nitrogen and oxygen atoms in total. The fraction of sp³-hybridized carbons (Fsp3) is 0.400. The third-order valence-electron chi connectivity index (χ3n) is 3.79. The fourth-order valence-corrected chi connectivity index (χ4v) is 2.76. The molecule has 3 rings (SSSR count). The summed E-state index contributed by atoms with van der Waals surface area (Å²) in [5.74, 6) is -0.746. The Bertz CT molecular complexity index is 611. The van der Waals surface area contributed by atoms with Crippen LogP contribution in [-0.2, 0) is 17.9 Å². The van der Waals surface area contributed by atoms with Gasteiger partial charge in [0.25, 0.3) is 0 Å². The highest BCUT2D eigenvalue weighted by atomic mass is 16.4. The zero-order valence-corrected chi connectivity index (χ0v) is 11.7. The molecule has 2 heterocycles. The van der Waals surface area contributed by atoms with Crippen molar-refractivity contribution >= 4 is 5.97 Å². The molecule has 1 N–H and O–H groups in total. The van der Waals surface area contributed by atoms with Crippen LogP contribution in [0.15, 0.2) is 36.5 Å². The van der Waals surface area contributed by atoms with Crippen LogP contribution in [0.1, 0.15) is 24.1 Å². The number of carboxylic acids is 1. The highest BCUT2D eigenvalue weighted by Gasteiger charge is 2.30. The SMILES string of the molecule is O=C(O)C1CCCN1Cc1cn(Cc2ccccc2)nn1. The van der Waals surface area contributed by atoms with Crippen LogP contribution in [0, 0.1) is 0 Å². The maximum absolute atomic E-state index is 11.2. The Morgan fingerprint density at radius 3 is 2.86 bits per heavy atom. The summed E-state index contributed by atoms with van der Waals surface area (Å²) < 4.78 is 1.79. The fourth-order valence-electron chi connectivity index (χ4n) is 2.76. The predicted octanol–water partition coefficient (Wildman–Crippen LogP) is 1.38. The Hall–Kier alpha value is -2.21. The highest BCUT2D eigenvalue weighted by molar-refractivity contribution is 5.73. The lowest BCUT2D eigenvalue weighted by Crippen LogP contribution is -2.35. The molecule has 6 heteroatoms. The number of carboxylic acid groups (broad SMARTS) is 1. The van der Waals surface area contributed by atoms with E-state index in [-0.39, 0.29) is 6.04 Å². The molecule has 1 aromatic heterocycles. The van der Waals surface area contributed by atoms with Crippen LogP contribution in [-0.4, -0.2) is 43.6 Å². The van der Waals surface area contributed by atoms with Gasteiger partial charge in [-0.3, -0.25) is 9.69 Å². The third kappa shape index (κ3) is 3.28. The zero-order valence-electron chi connectivity index (χ0n) is 11.7. The lowest BCUT2D eigenvalue weighted by atomic mass is 10.2. The summed E-state index contributed by atoms with van der Waals surface area (Å²) in [6.45, 7) is 2.03. The first kappa shape index (κ1) is 13.8. The van der Waals surface area contributed by atoms with E-state index in [1.165, 1.54) is 5.56 Å². The Morgan fingerprint density at radius 2 is 2.10 bits per heavy atom. The van der Waals surface area contributed by atoms with E-state index < -0.39 is 5.97 Å². The molecule has 1 unspecified atom stereocenters. The van der Waals surface area contributed by atoms with Crippen molar-refractivity contribution in [3.05, 3.63) is 47.8 Å². The molecule has 0 aliphatic carbocycles. The molecule has 0 bridgehead atoms. The zero-order chi connectivity index (χ0) is 14.7. The molecular weight excluding hydrogens is 268 g/mol. The minimum Gasteiger partial charge on any atom is -0.480 e. The summed E-state index contributed by atoms with van der Waals surface area (Å²) in [5.41, 5.74) is 1.98. The average molecular weight is 286 g/mol. The van der Waals surface area contributed by atoms with E-state index >= 15 is 0 Å². The Morgan fingerprint density at radius 1 is 1.29 bits per heavy atom. The van der Waals surface area contributed by atoms with Crippen LogP contribution >= 0.6 is 0 Å². The number of rotatable bonds is 5.